The average Bonchev–Trinajstić information content (AvgIpc) is 3.15. The molecule has 2 aromatic rings. The normalized spacial score (nSPS) is 14.7. The van der Waals surface area contributed by atoms with E-state index in [-0.39, 0.29) is 11.8 Å². The zero-order chi connectivity index (χ0) is 23.1. The molecule has 1 saturated heterocycles. The molecular weight excluding hydrogens is 415 g/mol. The number of carbonyl (C=O) groups excluding carboxylic acids is 2. The Kier molecular flexibility index (Phi) is 8.06. The Morgan fingerprint density at radius 1 is 1.06 bits per heavy atom. The Labute approximate surface area is 195 Å². The summed E-state index contributed by atoms with van der Waals surface area (Å²) in [6.45, 7) is 11.0. The Morgan fingerprint density at radius 3 is 2.38 bits per heavy atom. The van der Waals surface area contributed by atoms with Gasteiger partial charge in [0.1, 0.15) is 12.8 Å². The van der Waals surface area contributed by atoms with Crippen LogP contribution >= 0.6 is 11.3 Å². The molecule has 2 heterocycles. The number of nitrogens with zero attached hydrogens (tertiary/aromatic N) is 1. The van der Waals surface area contributed by atoms with Crippen molar-refractivity contribution in [1.82, 2.24) is 4.90 Å². The predicted octanol–water partition coefficient (Wildman–Crippen LogP) is 5.10. The second-order valence-corrected chi connectivity index (χ2v) is 8.89. The lowest BCUT2D eigenvalue weighted by molar-refractivity contribution is -0.112. The van der Waals surface area contributed by atoms with Crippen LogP contribution in [0.25, 0.3) is 10.4 Å². The molecule has 1 N–H and O–H groups in total. The van der Waals surface area contributed by atoms with Crippen LogP contribution in [-0.2, 0) is 4.79 Å². The number of benzene rings is 1. The molecular formula is C26H29BN2O2S. The highest BCUT2D eigenvalue weighted by molar-refractivity contribution is 7.20. The monoisotopic (exact) mass is 444 g/mol. The number of piperidine rings is 1. The molecule has 0 radical (unpaired) electrons. The van der Waals surface area contributed by atoms with Crippen molar-refractivity contribution in [2.45, 2.75) is 26.2 Å². The van der Waals surface area contributed by atoms with Crippen molar-refractivity contribution in [2.75, 3.05) is 18.4 Å². The molecule has 0 aliphatic carbocycles. The minimum absolute atomic E-state index is 0.0116. The number of nitrogens with one attached hydrogen (secondary N) is 1. The Bertz CT molecular complexity index is 1080. The van der Waals surface area contributed by atoms with E-state index >= 15 is 0 Å². The van der Waals surface area contributed by atoms with E-state index in [0.717, 1.165) is 53.8 Å². The summed E-state index contributed by atoms with van der Waals surface area (Å²) < 4.78 is 0. The number of rotatable bonds is 7. The van der Waals surface area contributed by atoms with Gasteiger partial charge in [0.25, 0.3) is 11.8 Å². The summed E-state index contributed by atoms with van der Waals surface area (Å²) in [6.07, 6.45) is 9.95. The highest BCUT2D eigenvalue weighted by atomic mass is 32.1. The molecule has 1 aliphatic rings. The largest absolute Gasteiger partial charge is 0.339 e. The van der Waals surface area contributed by atoms with Gasteiger partial charge in [0.15, 0.2) is 0 Å². The van der Waals surface area contributed by atoms with Gasteiger partial charge in [0.05, 0.1) is 5.56 Å². The highest BCUT2D eigenvalue weighted by Crippen LogP contribution is 2.41. The van der Waals surface area contributed by atoms with Gasteiger partial charge >= 0.3 is 0 Å². The number of hydrogen-bond acceptors (Lipinski definition) is 3. The fourth-order valence-electron chi connectivity index (χ4n) is 3.68. The van der Waals surface area contributed by atoms with Crippen LogP contribution in [0, 0.1) is 6.92 Å². The first-order valence-corrected chi connectivity index (χ1v) is 11.7. The number of thiophene rings is 1. The first-order chi connectivity index (χ1) is 15.5. The van der Waals surface area contributed by atoms with Gasteiger partial charge in [-0.2, -0.15) is 0 Å². The van der Waals surface area contributed by atoms with Crippen molar-refractivity contribution in [3.05, 3.63) is 90.0 Å². The summed E-state index contributed by atoms with van der Waals surface area (Å²) in [4.78, 5) is 29.4. The van der Waals surface area contributed by atoms with E-state index in [2.05, 4.69) is 18.5 Å². The second-order valence-electron chi connectivity index (χ2n) is 7.87. The molecule has 6 heteroatoms. The Morgan fingerprint density at radius 2 is 1.75 bits per heavy atom. The van der Waals surface area contributed by atoms with Gasteiger partial charge in [-0.3, -0.25) is 9.59 Å². The second kappa shape index (κ2) is 11.0. The molecule has 1 fully saturated rings. The number of amides is 2. The molecule has 0 spiro atoms. The topological polar surface area (TPSA) is 49.4 Å². The average molecular weight is 444 g/mol. The molecule has 0 unspecified atom stereocenters. The Hall–Kier alpha value is -3.12. The van der Waals surface area contributed by atoms with Gasteiger partial charge in [0.2, 0.25) is 0 Å². The van der Waals surface area contributed by atoms with Crippen molar-refractivity contribution in [3.63, 3.8) is 0 Å². The van der Waals surface area contributed by atoms with Crippen LogP contribution < -0.4 is 5.32 Å². The minimum Gasteiger partial charge on any atom is -0.339 e. The highest BCUT2D eigenvalue weighted by Gasteiger charge is 2.28. The van der Waals surface area contributed by atoms with E-state index in [1.54, 1.807) is 12.2 Å². The van der Waals surface area contributed by atoms with Crippen molar-refractivity contribution in [1.29, 1.82) is 0 Å². The van der Waals surface area contributed by atoms with Crippen LogP contribution in [0.15, 0.2) is 78.8 Å². The van der Waals surface area contributed by atoms with Crippen LogP contribution in [0.3, 0.4) is 0 Å². The number of allylic oxidation sites excluding steroid dienone is 4. The van der Waals surface area contributed by atoms with E-state index in [0.29, 0.717) is 16.1 Å². The van der Waals surface area contributed by atoms with E-state index in [4.69, 9.17) is 0 Å². The van der Waals surface area contributed by atoms with E-state index < -0.39 is 0 Å². The zero-order valence-electron chi connectivity index (χ0n) is 18.8. The molecule has 3 rings (SSSR count). The first kappa shape index (κ1) is 23.5. The van der Waals surface area contributed by atoms with Gasteiger partial charge in [-0.15, -0.1) is 11.3 Å². The standard InChI is InChI=1S/C26H29BN2O2S/c1-4-19(14-15-21(27)5-2)24(30)28-25-22(26(31)29-16-10-7-11-17-29)18(3)23(32-25)20-12-8-6-9-13-20/h4-6,8-9,12-15H,1-2,7,10-11,16-17,27H2,3H3,(H,28,30)/b19-14+,21-15+. The third-order valence-electron chi connectivity index (χ3n) is 5.60. The van der Waals surface area contributed by atoms with Crippen LogP contribution in [-0.4, -0.2) is 37.7 Å². The lowest BCUT2D eigenvalue weighted by Crippen LogP contribution is -2.36. The molecule has 0 atom stereocenters. The number of hydrogen-bond donors (Lipinski definition) is 1. The SMILES string of the molecule is B/C(C=C)=C/C=C(\C=C)C(=O)Nc1sc(-c2ccccc2)c(C)c1C(=O)N1CCCCC1. The third kappa shape index (κ3) is 5.38. The molecule has 32 heavy (non-hydrogen) atoms. The van der Waals surface area contributed by atoms with Crippen LogP contribution in [0.1, 0.15) is 35.2 Å². The van der Waals surface area contributed by atoms with E-state index in [1.165, 1.54) is 17.4 Å². The lowest BCUT2D eigenvalue weighted by atomic mass is 9.95. The summed E-state index contributed by atoms with van der Waals surface area (Å²) >= 11 is 1.44. The molecule has 0 bridgehead atoms. The van der Waals surface area contributed by atoms with Crippen molar-refractivity contribution in [3.8, 4) is 10.4 Å². The minimum atomic E-state index is -0.290. The van der Waals surface area contributed by atoms with Crippen molar-refractivity contribution in [2.24, 2.45) is 0 Å². The molecule has 4 nitrogen and oxygen atoms in total. The van der Waals surface area contributed by atoms with Crippen molar-refractivity contribution >= 4 is 36.0 Å². The third-order valence-corrected chi connectivity index (χ3v) is 6.85. The molecule has 2 amide bonds. The van der Waals surface area contributed by atoms with Gasteiger partial charge in [0, 0.05) is 23.5 Å². The number of anilines is 1. The van der Waals surface area contributed by atoms with Crippen LogP contribution in [0.5, 0.6) is 0 Å². The van der Waals surface area contributed by atoms with Crippen LogP contribution in [0.2, 0.25) is 0 Å². The zero-order valence-corrected chi connectivity index (χ0v) is 19.6. The summed E-state index contributed by atoms with van der Waals surface area (Å²) in [6, 6.07) is 9.97. The number of carbonyl (C=O) groups is 2. The van der Waals surface area contributed by atoms with E-state index in [1.807, 2.05) is 56.1 Å². The molecule has 1 aromatic heterocycles. The maximum atomic E-state index is 13.5. The lowest BCUT2D eigenvalue weighted by Gasteiger charge is -2.27. The quantitative estimate of drug-likeness (QED) is 0.367. The summed E-state index contributed by atoms with van der Waals surface area (Å²) in [7, 11) is 1.91. The fourth-order valence-corrected chi connectivity index (χ4v) is 4.88. The van der Waals surface area contributed by atoms with E-state index in [9.17, 15) is 9.59 Å². The summed E-state index contributed by atoms with van der Waals surface area (Å²) in [5.41, 5.74) is 3.89. The van der Waals surface area contributed by atoms with Gasteiger partial charge < -0.3 is 10.2 Å². The molecule has 1 aliphatic heterocycles. The van der Waals surface area contributed by atoms with Gasteiger partial charge in [-0.25, -0.2) is 0 Å². The predicted molar refractivity (Wildman–Crippen MR) is 138 cm³/mol. The van der Waals surface area contributed by atoms with Gasteiger partial charge in [-0.05, 0) is 37.3 Å². The summed E-state index contributed by atoms with van der Waals surface area (Å²) in [5, 5.41) is 3.57. The molecule has 0 saturated carbocycles. The summed E-state index contributed by atoms with van der Waals surface area (Å²) in [5.74, 6) is -0.302. The fraction of sp³-hybridized carbons (Fsp3) is 0.231. The van der Waals surface area contributed by atoms with Crippen LogP contribution in [0.4, 0.5) is 5.00 Å². The molecule has 164 valence electrons. The van der Waals surface area contributed by atoms with Gasteiger partial charge in [-0.1, -0.05) is 73.3 Å². The maximum absolute atomic E-state index is 13.5. The Balaban J connectivity index is 2.01. The smallest absolute Gasteiger partial charge is 0.257 e. The van der Waals surface area contributed by atoms with Crippen molar-refractivity contribution < 1.29 is 9.59 Å². The number of likely N-dealkylation sites (tertiary alicyclic amines) is 1. The maximum Gasteiger partial charge on any atom is 0.257 e. The first-order valence-electron chi connectivity index (χ1n) is 10.9. The molecule has 1 aromatic carbocycles.